The number of halogens is 1. The quantitative estimate of drug-likeness (QED) is 0.702. The Balaban J connectivity index is 2.59. The van der Waals surface area contributed by atoms with E-state index in [-0.39, 0.29) is 0 Å². The lowest BCUT2D eigenvalue weighted by molar-refractivity contribution is 1.47. The first-order chi connectivity index (χ1) is 6.29. The zero-order chi connectivity index (χ0) is 9.26. The Morgan fingerprint density at radius 2 is 1.92 bits per heavy atom. The van der Waals surface area contributed by atoms with Gasteiger partial charge in [-0.05, 0) is 45.4 Å². The SMILES string of the molecule is Cc1ccccc1-c1sccc1Br. The third-order valence-electron chi connectivity index (χ3n) is 2.01. The summed E-state index contributed by atoms with van der Waals surface area (Å²) in [5.41, 5.74) is 2.65. The van der Waals surface area contributed by atoms with Gasteiger partial charge in [0.15, 0.2) is 0 Å². The van der Waals surface area contributed by atoms with Gasteiger partial charge in [0.2, 0.25) is 0 Å². The van der Waals surface area contributed by atoms with E-state index in [0.717, 1.165) is 0 Å². The molecule has 2 rings (SSSR count). The normalized spacial score (nSPS) is 10.3. The van der Waals surface area contributed by atoms with E-state index in [1.54, 1.807) is 11.3 Å². The van der Waals surface area contributed by atoms with E-state index in [4.69, 9.17) is 0 Å². The summed E-state index contributed by atoms with van der Waals surface area (Å²) in [6, 6.07) is 10.5. The largest absolute Gasteiger partial charge is 0.143 e. The summed E-state index contributed by atoms with van der Waals surface area (Å²) in [7, 11) is 0. The van der Waals surface area contributed by atoms with Gasteiger partial charge in [-0.3, -0.25) is 0 Å². The fraction of sp³-hybridized carbons (Fsp3) is 0.0909. The summed E-state index contributed by atoms with van der Waals surface area (Å²) >= 11 is 5.32. The smallest absolute Gasteiger partial charge is 0.0487 e. The number of hydrogen-bond acceptors (Lipinski definition) is 1. The summed E-state index contributed by atoms with van der Waals surface area (Å²) in [5, 5.41) is 2.10. The van der Waals surface area contributed by atoms with Crippen LogP contribution in [0.4, 0.5) is 0 Å². The maximum atomic E-state index is 3.55. The van der Waals surface area contributed by atoms with Crippen molar-refractivity contribution < 1.29 is 0 Å². The van der Waals surface area contributed by atoms with Crippen molar-refractivity contribution >= 4 is 27.3 Å². The predicted octanol–water partition coefficient (Wildman–Crippen LogP) is 4.49. The van der Waals surface area contributed by atoms with Gasteiger partial charge < -0.3 is 0 Å². The second-order valence-electron chi connectivity index (χ2n) is 2.91. The van der Waals surface area contributed by atoms with E-state index in [9.17, 15) is 0 Å². The first-order valence-corrected chi connectivity index (χ1v) is 5.75. The third kappa shape index (κ3) is 1.69. The molecule has 0 aliphatic rings. The molecule has 0 saturated heterocycles. The molecule has 1 aromatic heterocycles. The topological polar surface area (TPSA) is 0 Å². The van der Waals surface area contributed by atoms with Crippen LogP contribution in [-0.4, -0.2) is 0 Å². The highest BCUT2D eigenvalue weighted by Crippen LogP contribution is 2.34. The van der Waals surface area contributed by atoms with Gasteiger partial charge in [-0.1, -0.05) is 24.3 Å². The minimum absolute atomic E-state index is 1.19. The average Bonchev–Trinajstić information content (AvgIpc) is 2.52. The maximum Gasteiger partial charge on any atom is 0.0487 e. The molecular formula is C11H9BrS. The lowest BCUT2D eigenvalue weighted by atomic mass is 10.1. The van der Waals surface area contributed by atoms with Crippen LogP contribution in [0.5, 0.6) is 0 Å². The van der Waals surface area contributed by atoms with Crippen molar-refractivity contribution in [3.63, 3.8) is 0 Å². The van der Waals surface area contributed by atoms with E-state index in [2.05, 4.69) is 58.6 Å². The van der Waals surface area contributed by atoms with Crippen molar-refractivity contribution in [2.45, 2.75) is 6.92 Å². The third-order valence-corrected chi connectivity index (χ3v) is 3.88. The van der Waals surface area contributed by atoms with E-state index >= 15 is 0 Å². The summed E-state index contributed by atoms with van der Waals surface area (Å²) in [5.74, 6) is 0. The molecule has 1 aromatic carbocycles. The fourth-order valence-electron chi connectivity index (χ4n) is 1.31. The zero-order valence-corrected chi connectivity index (χ0v) is 9.65. The highest BCUT2D eigenvalue weighted by Gasteiger charge is 2.05. The first-order valence-electron chi connectivity index (χ1n) is 4.08. The minimum atomic E-state index is 1.19. The fourth-order valence-corrected chi connectivity index (χ4v) is 2.99. The van der Waals surface area contributed by atoms with Crippen LogP contribution >= 0.6 is 27.3 Å². The molecule has 0 atom stereocenters. The molecule has 0 radical (unpaired) electrons. The summed E-state index contributed by atoms with van der Waals surface area (Å²) in [6.07, 6.45) is 0. The lowest BCUT2D eigenvalue weighted by Crippen LogP contribution is -1.78. The van der Waals surface area contributed by atoms with Gasteiger partial charge in [0.05, 0.1) is 0 Å². The van der Waals surface area contributed by atoms with Crippen molar-refractivity contribution in [1.82, 2.24) is 0 Å². The monoisotopic (exact) mass is 252 g/mol. The number of rotatable bonds is 1. The molecule has 0 bridgehead atoms. The van der Waals surface area contributed by atoms with E-state index in [1.807, 2.05) is 0 Å². The average molecular weight is 253 g/mol. The number of benzene rings is 1. The molecule has 0 N–H and O–H groups in total. The van der Waals surface area contributed by atoms with Gasteiger partial charge in [0.25, 0.3) is 0 Å². The van der Waals surface area contributed by atoms with Crippen LogP contribution in [0.25, 0.3) is 10.4 Å². The van der Waals surface area contributed by atoms with Crippen molar-refractivity contribution in [2.24, 2.45) is 0 Å². The van der Waals surface area contributed by atoms with Gasteiger partial charge >= 0.3 is 0 Å². The van der Waals surface area contributed by atoms with Gasteiger partial charge in [0.1, 0.15) is 0 Å². The van der Waals surface area contributed by atoms with E-state index < -0.39 is 0 Å². The van der Waals surface area contributed by atoms with Gasteiger partial charge in [-0.25, -0.2) is 0 Å². The molecule has 0 amide bonds. The highest BCUT2D eigenvalue weighted by molar-refractivity contribution is 9.10. The standard InChI is InChI=1S/C11H9BrS/c1-8-4-2-3-5-9(8)11-10(12)6-7-13-11/h2-7H,1H3. The molecular weight excluding hydrogens is 244 g/mol. The molecule has 13 heavy (non-hydrogen) atoms. The molecule has 1 heterocycles. The van der Waals surface area contributed by atoms with Crippen LogP contribution in [0.2, 0.25) is 0 Å². The summed E-state index contributed by atoms with van der Waals surface area (Å²) in [4.78, 5) is 1.32. The molecule has 2 aromatic rings. The predicted molar refractivity (Wildman–Crippen MR) is 62.2 cm³/mol. The molecule has 0 unspecified atom stereocenters. The Morgan fingerprint density at radius 1 is 1.15 bits per heavy atom. The van der Waals surface area contributed by atoms with E-state index in [1.165, 1.54) is 20.5 Å². The van der Waals surface area contributed by atoms with Crippen LogP contribution in [0.15, 0.2) is 40.2 Å². The Kier molecular flexibility index (Phi) is 2.51. The van der Waals surface area contributed by atoms with Crippen LogP contribution < -0.4 is 0 Å². The molecule has 0 nitrogen and oxygen atoms in total. The molecule has 2 heteroatoms. The minimum Gasteiger partial charge on any atom is -0.143 e. The van der Waals surface area contributed by atoms with Gasteiger partial charge in [-0.2, -0.15) is 0 Å². The molecule has 0 aliphatic heterocycles. The summed E-state index contributed by atoms with van der Waals surface area (Å²) in [6.45, 7) is 2.14. The molecule has 66 valence electrons. The summed E-state index contributed by atoms with van der Waals surface area (Å²) < 4.78 is 1.19. The van der Waals surface area contributed by atoms with Crippen LogP contribution in [0.1, 0.15) is 5.56 Å². The number of hydrogen-bond donors (Lipinski definition) is 0. The first kappa shape index (κ1) is 8.97. The zero-order valence-electron chi connectivity index (χ0n) is 7.25. The lowest BCUT2D eigenvalue weighted by Gasteiger charge is -2.02. The van der Waals surface area contributed by atoms with E-state index in [0.29, 0.717) is 0 Å². The van der Waals surface area contributed by atoms with Gasteiger partial charge in [0, 0.05) is 9.35 Å². The Bertz CT molecular complexity index is 418. The van der Waals surface area contributed by atoms with Crippen molar-refractivity contribution in [1.29, 1.82) is 0 Å². The number of aryl methyl sites for hydroxylation is 1. The van der Waals surface area contributed by atoms with Crippen LogP contribution in [0, 0.1) is 6.92 Å². The highest BCUT2D eigenvalue weighted by atomic mass is 79.9. The Hall–Kier alpha value is -0.600. The van der Waals surface area contributed by atoms with Gasteiger partial charge in [-0.15, -0.1) is 11.3 Å². The Morgan fingerprint density at radius 3 is 2.54 bits per heavy atom. The van der Waals surface area contributed by atoms with Crippen LogP contribution in [0.3, 0.4) is 0 Å². The molecule has 0 spiro atoms. The molecule has 0 saturated carbocycles. The molecule has 0 fully saturated rings. The Labute approximate surface area is 90.4 Å². The molecule has 0 aliphatic carbocycles. The van der Waals surface area contributed by atoms with Crippen LogP contribution in [-0.2, 0) is 0 Å². The van der Waals surface area contributed by atoms with Crippen molar-refractivity contribution in [2.75, 3.05) is 0 Å². The second-order valence-corrected chi connectivity index (χ2v) is 4.68. The van der Waals surface area contributed by atoms with Crippen molar-refractivity contribution in [3.8, 4) is 10.4 Å². The number of thiophene rings is 1. The second kappa shape index (κ2) is 3.64. The van der Waals surface area contributed by atoms with Crippen molar-refractivity contribution in [3.05, 3.63) is 45.7 Å². The maximum absolute atomic E-state index is 3.55.